The van der Waals surface area contributed by atoms with Gasteiger partial charge in [0.05, 0.1) is 0 Å². The zero-order valence-electron chi connectivity index (χ0n) is 12.5. The Hall–Kier alpha value is -0.0800. The normalized spacial score (nSPS) is 30.8. The van der Waals surface area contributed by atoms with Crippen LogP contribution in [0.3, 0.4) is 0 Å². The molecule has 18 heavy (non-hydrogen) atoms. The van der Waals surface area contributed by atoms with Gasteiger partial charge < -0.3 is 0 Å². The second kappa shape index (κ2) is 4.49. The number of piperidine rings is 1. The molecule has 2 heteroatoms. The molecule has 1 aliphatic carbocycles. The second-order valence-corrected chi connectivity index (χ2v) is 7.76. The first-order valence-corrected chi connectivity index (χ1v) is 8.03. The zero-order chi connectivity index (χ0) is 12.8. The highest BCUT2D eigenvalue weighted by molar-refractivity contribution is 5.04. The van der Waals surface area contributed by atoms with Crippen LogP contribution >= 0.6 is 0 Å². The monoisotopic (exact) mass is 250 g/mol. The van der Waals surface area contributed by atoms with Crippen molar-refractivity contribution in [1.29, 1.82) is 0 Å². The van der Waals surface area contributed by atoms with E-state index in [1.54, 1.807) is 0 Å². The van der Waals surface area contributed by atoms with Gasteiger partial charge in [0.1, 0.15) is 0 Å². The second-order valence-electron chi connectivity index (χ2n) is 7.76. The third kappa shape index (κ3) is 2.12. The van der Waals surface area contributed by atoms with E-state index < -0.39 is 0 Å². The van der Waals surface area contributed by atoms with Crippen LogP contribution < -0.4 is 0 Å². The summed E-state index contributed by atoms with van der Waals surface area (Å²) in [6.45, 7) is 11.1. The molecule has 0 unspecified atom stereocenters. The Morgan fingerprint density at radius 3 is 2.06 bits per heavy atom. The van der Waals surface area contributed by atoms with Crippen molar-refractivity contribution in [3.05, 3.63) is 0 Å². The summed E-state index contributed by atoms with van der Waals surface area (Å²) in [5.74, 6) is 0. The van der Waals surface area contributed by atoms with Gasteiger partial charge in [-0.3, -0.25) is 9.80 Å². The van der Waals surface area contributed by atoms with Crippen LogP contribution in [0.15, 0.2) is 0 Å². The summed E-state index contributed by atoms with van der Waals surface area (Å²) < 4.78 is 0. The molecular formula is C16H30N2. The molecule has 2 nitrogen and oxygen atoms in total. The zero-order valence-corrected chi connectivity index (χ0v) is 12.5. The first-order valence-electron chi connectivity index (χ1n) is 8.03. The highest BCUT2D eigenvalue weighted by Gasteiger charge is 2.47. The number of likely N-dealkylation sites (tertiary alicyclic amines) is 2. The highest BCUT2D eigenvalue weighted by Crippen LogP contribution is 2.44. The Bertz CT molecular complexity index is 293. The maximum atomic E-state index is 2.93. The van der Waals surface area contributed by atoms with Crippen LogP contribution in [0.1, 0.15) is 65.7 Å². The van der Waals surface area contributed by atoms with Gasteiger partial charge in [-0.05, 0) is 65.8 Å². The van der Waals surface area contributed by atoms with E-state index in [-0.39, 0.29) is 0 Å². The molecule has 3 aliphatic rings. The Balaban J connectivity index is 1.66. The summed E-state index contributed by atoms with van der Waals surface area (Å²) in [4.78, 5) is 5.62. The van der Waals surface area contributed by atoms with Gasteiger partial charge in [-0.2, -0.15) is 0 Å². The lowest BCUT2D eigenvalue weighted by atomic mass is 9.80. The lowest BCUT2D eigenvalue weighted by Gasteiger charge is -2.52. The molecule has 2 saturated heterocycles. The smallest absolute Gasteiger partial charge is 0.0237 e. The molecule has 0 N–H and O–H groups in total. The van der Waals surface area contributed by atoms with Crippen LogP contribution in [0.5, 0.6) is 0 Å². The SMILES string of the molecule is CC(C)(C)N1CCC2(CCCN2C2CCC2)CC1. The van der Waals surface area contributed by atoms with Crippen LogP contribution in [0.25, 0.3) is 0 Å². The van der Waals surface area contributed by atoms with Gasteiger partial charge in [0.15, 0.2) is 0 Å². The van der Waals surface area contributed by atoms with Crippen LogP contribution in [-0.2, 0) is 0 Å². The summed E-state index contributed by atoms with van der Waals surface area (Å²) in [5.41, 5.74) is 0.967. The fourth-order valence-electron chi connectivity index (χ4n) is 4.36. The van der Waals surface area contributed by atoms with Crippen molar-refractivity contribution in [3.8, 4) is 0 Å². The van der Waals surface area contributed by atoms with E-state index in [2.05, 4.69) is 30.6 Å². The maximum Gasteiger partial charge on any atom is 0.0237 e. The summed E-state index contributed by atoms with van der Waals surface area (Å²) in [7, 11) is 0. The molecule has 2 heterocycles. The largest absolute Gasteiger partial charge is 0.298 e. The molecule has 2 aliphatic heterocycles. The van der Waals surface area contributed by atoms with E-state index >= 15 is 0 Å². The summed E-state index contributed by atoms with van der Waals surface area (Å²) in [6.07, 6.45) is 10.2. The summed E-state index contributed by atoms with van der Waals surface area (Å²) in [6, 6.07) is 0.952. The molecule has 0 aromatic heterocycles. The van der Waals surface area contributed by atoms with E-state index in [0.29, 0.717) is 11.1 Å². The first kappa shape index (κ1) is 12.9. The molecule has 0 radical (unpaired) electrons. The minimum atomic E-state index is 0.363. The Morgan fingerprint density at radius 1 is 0.889 bits per heavy atom. The predicted octanol–water partition coefficient (Wildman–Crippen LogP) is 3.27. The molecule has 0 aromatic rings. The van der Waals surface area contributed by atoms with Crippen molar-refractivity contribution in [2.24, 2.45) is 0 Å². The Kier molecular flexibility index (Phi) is 3.22. The van der Waals surface area contributed by atoms with Gasteiger partial charge in [0, 0.05) is 30.2 Å². The molecule has 1 spiro atoms. The molecule has 0 bridgehead atoms. The van der Waals surface area contributed by atoms with Crippen molar-refractivity contribution < 1.29 is 0 Å². The highest BCUT2D eigenvalue weighted by atomic mass is 15.3. The third-order valence-corrected chi connectivity index (χ3v) is 5.81. The van der Waals surface area contributed by atoms with Crippen molar-refractivity contribution >= 4 is 0 Å². The molecule has 1 saturated carbocycles. The molecular weight excluding hydrogens is 220 g/mol. The van der Waals surface area contributed by atoms with Gasteiger partial charge in [-0.25, -0.2) is 0 Å². The van der Waals surface area contributed by atoms with Gasteiger partial charge in [0.25, 0.3) is 0 Å². The predicted molar refractivity (Wildman–Crippen MR) is 76.9 cm³/mol. The van der Waals surface area contributed by atoms with Gasteiger partial charge in [0.2, 0.25) is 0 Å². The van der Waals surface area contributed by atoms with Crippen molar-refractivity contribution in [2.75, 3.05) is 19.6 Å². The summed E-state index contributed by atoms with van der Waals surface area (Å²) >= 11 is 0. The van der Waals surface area contributed by atoms with E-state index in [9.17, 15) is 0 Å². The minimum Gasteiger partial charge on any atom is -0.298 e. The number of rotatable bonds is 1. The standard InChI is InChI=1S/C16H30N2/c1-15(2,3)17-12-9-16(10-13-17)8-5-11-18(16)14-6-4-7-14/h14H,4-13H2,1-3H3. The molecule has 3 fully saturated rings. The average molecular weight is 250 g/mol. The molecule has 0 amide bonds. The summed E-state index contributed by atoms with van der Waals surface area (Å²) in [5, 5.41) is 0. The molecule has 104 valence electrons. The molecule has 3 rings (SSSR count). The van der Waals surface area contributed by atoms with Crippen molar-refractivity contribution in [3.63, 3.8) is 0 Å². The fraction of sp³-hybridized carbons (Fsp3) is 1.00. The van der Waals surface area contributed by atoms with E-state index in [1.807, 2.05) is 0 Å². The lowest BCUT2D eigenvalue weighted by Crippen LogP contribution is -2.59. The van der Waals surface area contributed by atoms with Crippen LogP contribution in [-0.4, -0.2) is 46.6 Å². The fourth-order valence-corrected chi connectivity index (χ4v) is 4.36. The third-order valence-electron chi connectivity index (χ3n) is 5.81. The van der Waals surface area contributed by atoms with Crippen molar-refractivity contribution in [1.82, 2.24) is 9.80 Å². The number of hydrogen-bond donors (Lipinski definition) is 0. The average Bonchev–Trinajstić information content (AvgIpc) is 2.59. The quantitative estimate of drug-likeness (QED) is 0.705. The Labute approximate surface area is 113 Å². The maximum absolute atomic E-state index is 2.93. The Morgan fingerprint density at radius 2 is 1.56 bits per heavy atom. The van der Waals surface area contributed by atoms with E-state index in [4.69, 9.17) is 0 Å². The van der Waals surface area contributed by atoms with Crippen LogP contribution in [0.4, 0.5) is 0 Å². The molecule has 0 atom stereocenters. The van der Waals surface area contributed by atoms with Gasteiger partial charge in [-0.15, -0.1) is 0 Å². The van der Waals surface area contributed by atoms with E-state index in [1.165, 1.54) is 64.6 Å². The van der Waals surface area contributed by atoms with Gasteiger partial charge >= 0.3 is 0 Å². The first-order chi connectivity index (χ1) is 8.51. The van der Waals surface area contributed by atoms with E-state index in [0.717, 1.165) is 6.04 Å². The van der Waals surface area contributed by atoms with Crippen LogP contribution in [0.2, 0.25) is 0 Å². The van der Waals surface area contributed by atoms with Gasteiger partial charge in [-0.1, -0.05) is 6.42 Å². The van der Waals surface area contributed by atoms with Crippen LogP contribution in [0, 0.1) is 0 Å². The van der Waals surface area contributed by atoms with Crippen molar-refractivity contribution in [2.45, 2.75) is 82.8 Å². The lowest BCUT2D eigenvalue weighted by molar-refractivity contribution is -0.0205. The number of hydrogen-bond acceptors (Lipinski definition) is 2. The minimum absolute atomic E-state index is 0.363. The topological polar surface area (TPSA) is 6.48 Å². The number of nitrogens with zero attached hydrogens (tertiary/aromatic N) is 2. The molecule has 0 aromatic carbocycles.